The maximum Gasteiger partial charge on any atom is 0.126 e. The highest BCUT2D eigenvalue weighted by molar-refractivity contribution is 7.49. The van der Waals surface area contributed by atoms with Crippen molar-refractivity contribution in [2.75, 3.05) is 7.11 Å². The van der Waals surface area contributed by atoms with Crippen LogP contribution in [0.4, 0.5) is 0 Å². The molecule has 0 heterocycles. The number of hydrogen-bond donors (Lipinski definition) is 0. The number of methoxy groups -OCH3 is 1. The summed E-state index contributed by atoms with van der Waals surface area (Å²) in [6.45, 7) is 6.74. The van der Waals surface area contributed by atoms with Crippen molar-refractivity contribution in [1.29, 1.82) is 0 Å². The second kappa shape index (κ2) is 4.11. The van der Waals surface area contributed by atoms with Crippen LogP contribution >= 0.6 is 8.58 Å². The minimum atomic E-state index is 0.342. The van der Waals surface area contributed by atoms with Crippen molar-refractivity contribution in [3.63, 3.8) is 0 Å². The fraction of sp³-hybridized carbons (Fsp3) is 0.455. The predicted octanol–water partition coefficient (Wildman–Crippen LogP) is 2.80. The molecule has 0 amide bonds. The van der Waals surface area contributed by atoms with Gasteiger partial charge in [0.05, 0.1) is 7.11 Å². The molecule has 1 rings (SSSR count). The van der Waals surface area contributed by atoms with E-state index in [1.54, 1.807) is 7.11 Å². The Morgan fingerprint density at radius 2 is 1.77 bits per heavy atom. The highest BCUT2D eigenvalue weighted by Crippen LogP contribution is 2.32. The molecule has 0 saturated carbocycles. The fourth-order valence-electron chi connectivity index (χ4n) is 1.15. The highest BCUT2D eigenvalue weighted by Gasteiger charge is 2.13. The Bertz CT molecular complexity index is 276. The lowest BCUT2D eigenvalue weighted by Crippen LogP contribution is -2.12. The van der Waals surface area contributed by atoms with Crippen molar-refractivity contribution in [2.24, 2.45) is 0 Å². The van der Waals surface area contributed by atoms with Gasteiger partial charge in [0.1, 0.15) is 5.75 Å². The van der Waals surface area contributed by atoms with Crippen molar-refractivity contribution in [3.05, 3.63) is 24.3 Å². The molecule has 1 aromatic rings. The Balaban J connectivity index is 2.87. The topological polar surface area (TPSA) is 9.23 Å². The summed E-state index contributed by atoms with van der Waals surface area (Å²) in [5.41, 5.74) is 0. The Hall–Kier alpha value is -0.550. The standard InChI is InChI=1S/C11H17OP/c1-11(2,3)13-10-8-6-5-7-9(10)12-4/h5-8,13H,1-4H3. The van der Waals surface area contributed by atoms with Gasteiger partial charge in [-0.1, -0.05) is 47.6 Å². The van der Waals surface area contributed by atoms with Crippen molar-refractivity contribution in [2.45, 2.75) is 25.9 Å². The van der Waals surface area contributed by atoms with E-state index in [-0.39, 0.29) is 0 Å². The summed E-state index contributed by atoms with van der Waals surface area (Å²) in [4.78, 5) is 0. The van der Waals surface area contributed by atoms with Gasteiger partial charge in [-0.05, 0) is 11.2 Å². The van der Waals surface area contributed by atoms with Crippen LogP contribution in [-0.4, -0.2) is 12.3 Å². The second-order valence-corrected chi connectivity index (χ2v) is 6.36. The largest absolute Gasteiger partial charge is 0.496 e. The molecule has 13 heavy (non-hydrogen) atoms. The lowest BCUT2D eigenvalue weighted by molar-refractivity contribution is 0.418. The molecule has 1 nitrogen and oxygen atoms in total. The summed E-state index contributed by atoms with van der Waals surface area (Å²) in [7, 11) is 2.52. The smallest absolute Gasteiger partial charge is 0.126 e. The van der Waals surface area contributed by atoms with Gasteiger partial charge in [-0.15, -0.1) is 0 Å². The van der Waals surface area contributed by atoms with Crippen LogP contribution in [0.1, 0.15) is 20.8 Å². The maximum absolute atomic E-state index is 5.30. The molecular formula is C11H17OP. The minimum Gasteiger partial charge on any atom is -0.496 e. The summed E-state index contributed by atoms with van der Waals surface area (Å²) < 4.78 is 5.30. The molecule has 0 aliphatic heterocycles. The average molecular weight is 196 g/mol. The molecule has 0 aliphatic rings. The first kappa shape index (κ1) is 10.5. The number of rotatable bonds is 2. The van der Waals surface area contributed by atoms with Crippen LogP contribution in [0.2, 0.25) is 0 Å². The number of hydrogen-bond acceptors (Lipinski definition) is 1. The van der Waals surface area contributed by atoms with Crippen LogP contribution in [0.3, 0.4) is 0 Å². The van der Waals surface area contributed by atoms with Gasteiger partial charge in [-0.2, -0.15) is 0 Å². The van der Waals surface area contributed by atoms with Crippen molar-refractivity contribution in [3.8, 4) is 5.75 Å². The summed E-state index contributed by atoms with van der Waals surface area (Å²) in [5, 5.41) is 1.66. The zero-order valence-corrected chi connectivity index (χ0v) is 9.72. The highest BCUT2D eigenvalue weighted by atomic mass is 31.1. The molecule has 1 unspecified atom stereocenters. The third-order valence-electron chi connectivity index (χ3n) is 1.62. The van der Waals surface area contributed by atoms with Crippen LogP contribution in [0.15, 0.2) is 24.3 Å². The summed E-state index contributed by atoms with van der Waals surface area (Å²) >= 11 is 0. The van der Waals surface area contributed by atoms with E-state index in [4.69, 9.17) is 4.74 Å². The van der Waals surface area contributed by atoms with E-state index in [2.05, 4.69) is 32.9 Å². The Morgan fingerprint density at radius 1 is 1.15 bits per heavy atom. The SMILES string of the molecule is COc1ccccc1PC(C)(C)C. The molecule has 0 radical (unpaired) electrons. The van der Waals surface area contributed by atoms with Crippen molar-refractivity contribution in [1.82, 2.24) is 0 Å². The van der Waals surface area contributed by atoms with Gasteiger partial charge in [0.25, 0.3) is 0 Å². The van der Waals surface area contributed by atoms with Gasteiger partial charge < -0.3 is 4.74 Å². The van der Waals surface area contributed by atoms with Gasteiger partial charge in [-0.25, -0.2) is 0 Å². The monoisotopic (exact) mass is 196 g/mol. The van der Waals surface area contributed by atoms with Crippen LogP contribution in [0.5, 0.6) is 5.75 Å². The van der Waals surface area contributed by atoms with E-state index in [1.165, 1.54) is 5.30 Å². The molecule has 1 atom stereocenters. The Morgan fingerprint density at radius 3 is 2.31 bits per heavy atom. The van der Waals surface area contributed by atoms with Gasteiger partial charge in [0, 0.05) is 5.30 Å². The second-order valence-electron chi connectivity index (χ2n) is 4.08. The van der Waals surface area contributed by atoms with Gasteiger partial charge in [-0.3, -0.25) is 0 Å². The van der Waals surface area contributed by atoms with Crippen LogP contribution in [-0.2, 0) is 0 Å². The fourth-order valence-corrected chi connectivity index (χ4v) is 2.45. The molecule has 0 saturated heterocycles. The first-order valence-electron chi connectivity index (χ1n) is 4.44. The molecule has 0 aromatic heterocycles. The molecule has 2 heteroatoms. The number of para-hydroxylation sites is 1. The Labute approximate surface area is 82.3 Å². The minimum absolute atomic E-state index is 0.342. The van der Waals surface area contributed by atoms with Gasteiger partial charge in [0.15, 0.2) is 0 Å². The molecule has 0 spiro atoms. The quantitative estimate of drug-likeness (QED) is 0.661. The predicted molar refractivity (Wildman–Crippen MR) is 60.7 cm³/mol. The van der Waals surface area contributed by atoms with E-state index in [0.29, 0.717) is 5.16 Å². The average Bonchev–Trinajstić information content (AvgIpc) is 2.02. The van der Waals surface area contributed by atoms with Crippen molar-refractivity contribution < 1.29 is 4.74 Å². The molecule has 0 aliphatic carbocycles. The lowest BCUT2D eigenvalue weighted by Gasteiger charge is -2.19. The third-order valence-corrected chi connectivity index (χ3v) is 3.05. The molecule has 1 aromatic carbocycles. The zero-order chi connectivity index (χ0) is 9.90. The lowest BCUT2D eigenvalue weighted by atomic mass is 10.3. The molecule has 72 valence electrons. The summed E-state index contributed by atoms with van der Waals surface area (Å²) in [6, 6.07) is 8.24. The van der Waals surface area contributed by atoms with E-state index in [9.17, 15) is 0 Å². The van der Waals surface area contributed by atoms with E-state index in [0.717, 1.165) is 14.3 Å². The molecule has 0 fully saturated rings. The van der Waals surface area contributed by atoms with E-state index >= 15 is 0 Å². The first-order chi connectivity index (χ1) is 6.03. The molecule has 0 bridgehead atoms. The van der Waals surface area contributed by atoms with Crippen LogP contribution in [0.25, 0.3) is 0 Å². The normalized spacial score (nSPS) is 12.3. The van der Waals surface area contributed by atoms with E-state index < -0.39 is 0 Å². The summed E-state index contributed by atoms with van der Waals surface area (Å²) in [6.07, 6.45) is 0. The van der Waals surface area contributed by atoms with E-state index in [1.807, 2.05) is 12.1 Å². The maximum atomic E-state index is 5.30. The van der Waals surface area contributed by atoms with Gasteiger partial charge in [0.2, 0.25) is 0 Å². The van der Waals surface area contributed by atoms with Crippen LogP contribution < -0.4 is 10.0 Å². The van der Waals surface area contributed by atoms with Gasteiger partial charge >= 0.3 is 0 Å². The third kappa shape index (κ3) is 3.36. The number of ether oxygens (including phenoxy) is 1. The number of benzene rings is 1. The Kier molecular flexibility index (Phi) is 3.33. The molecular weight excluding hydrogens is 179 g/mol. The van der Waals surface area contributed by atoms with Crippen LogP contribution in [0, 0.1) is 0 Å². The zero-order valence-electron chi connectivity index (χ0n) is 8.72. The molecule has 0 N–H and O–H groups in total. The first-order valence-corrected chi connectivity index (χ1v) is 5.44. The van der Waals surface area contributed by atoms with Crippen molar-refractivity contribution >= 4 is 13.9 Å². The summed E-state index contributed by atoms with van der Waals surface area (Å²) in [5.74, 6) is 1.01.